The quantitative estimate of drug-likeness (QED) is 0.634. The van der Waals surface area contributed by atoms with Gasteiger partial charge in [-0.15, -0.1) is 11.3 Å². The predicted molar refractivity (Wildman–Crippen MR) is 95.2 cm³/mol. The highest BCUT2D eigenvalue weighted by Crippen LogP contribution is 2.23. The van der Waals surface area contributed by atoms with Crippen molar-refractivity contribution in [3.05, 3.63) is 71.0 Å². The van der Waals surface area contributed by atoms with E-state index in [0.717, 1.165) is 16.9 Å². The molecule has 3 rings (SSSR count). The van der Waals surface area contributed by atoms with E-state index in [1.54, 1.807) is 30.3 Å². The van der Waals surface area contributed by atoms with E-state index in [2.05, 4.69) is 15.4 Å². The summed E-state index contributed by atoms with van der Waals surface area (Å²) in [5.41, 5.74) is 0.730. The highest BCUT2D eigenvalue weighted by Gasteiger charge is 2.13. The van der Waals surface area contributed by atoms with E-state index in [9.17, 15) is 18.4 Å². The van der Waals surface area contributed by atoms with Crippen molar-refractivity contribution in [2.45, 2.75) is 13.2 Å². The zero-order valence-corrected chi connectivity index (χ0v) is 14.6. The number of ether oxygens (including phenoxy) is 1. The van der Waals surface area contributed by atoms with Gasteiger partial charge in [0.2, 0.25) is 0 Å². The molecule has 0 radical (unpaired) electrons. The zero-order chi connectivity index (χ0) is 19.2. The van der Waals surface area contributed by atoms with Crippen molar-refractivity contribution in [1.82, 2.24) is 5.32 Å². The highest BCUT2D eigenvalue weighted by atomic mass is 32.1. The first-order valence-electron chi connectivity index (χ1n) is 7.78. The van der Waals surface area contributed by atoms with Crippen LogP contribution in [0.5, 0.6) is 5.75 Å². The molecule has 27 heavy (non-hydrogen) atoms. The van der Waals surface area contributed by atoms with Gasteiger partial charge in [0, 0.05) is 6.54 Å². The molecule has 3 aromatic rings. The summed E-state index contributed by atoms with van der Waals surface area (Å²) in [5.74, 6) is -0.490. The number of furan rings is 1. The maximum Gasteiger partial charge on any atom is 0.387 e. The average Bonchev–Trinajstić information content (AvgIpc) is 3.32. The van der Waals surface area contributed by atoms with Crippen molar-refractivity contribution in [3.8, 4) is 5.75 Å². The molecule has 2 amide bonds. The van der Waals surface area contributed by atoms with Crippen LogP contribution in [0.3, 0.4) is 0 Å². The minimum Gasteiger partial charge on any atom is -0.459 e. The van der Waals surface area contributed by atoms with Gasteiger partial charge in [0.15, 0.2) is 5.76 Å². The van der Waals surface area contributed by atoms with Crippen LogP contribution >= 0.6 is 11.3 Å². The summed E-state index contributed by atoms with van der Waals surface area (Å²) in [6.45, 7) is -2.66. The lowest BCUT2D eigenvalue weighted by Crippen LogP contribution is -2.21. The number of hydrogen-bond acceptors (Lipinski definition) is 5. The van der Waals surface area contributed by atoms with Crippen LogP contribution in [-0.4, -0.2) is 18.4 Å². The number of thiophene rings is 1. The maximum atomic E-state index is 12.2. The van der Waals surface area contributed by atoms with Crippen LogP contribution in [0.15, 0.2) is 59.2 Å². The number of benzene rings is 1. The number of rotatable bonds is 7. The molecule has 2 heterocycles. The van der Waals surface area contributed by atoms with E-state index >= 15 is 0 Å². The zero-order valence-electron chi connectivity index (χ0n) is 13.8. The standard InChI is InChI=1S/C18H14F2N2O4S/c19-18(20)26-12-5-3-11(4-6-12)10-21-17(24)14-7-8-15(27-14)22-16(23)13-2-1-9-25-13/h1-9,18H,10H2,(H,21,24)(H,22,23). The lowest BCUT2D eigenvalue weighted by molar-refractivity contribution is -0.0498. The molecule has 9 heteroatoms. The third-order valence-electron chi connectivity index (χ3n) is 3.41. The summed E-state index contributed by atoms with van der Waals surface area (Å²) >= 11 is 1.12. The smallest absolute Gasteiger partial charge is 0.387 e. The predicted octanol–water partition coefficient (Wildman–Crippen LogP) is 4.12. The molecule has 1 aromatic carbocycles. The first kappa shape index (κ1) is 18.6. The number of halogens is 2. The molecule has 0 bridgehead atoms. The van der Waals surface area contributed by atoms with Crippen LogP contribution < -0.4 is 15.4 Å². The lowest BCUT2D eigenvalue weighted by atomic mass is 10.2. The summed E-state index contributed by atoms with van der Waals surface area (Å²) in [7, 11) is 0. The summed E-state index contributed by atoms with van der Waals surface area (Å²) in [6, 6.07) is 12.3. The van der Waals surface area contributed by atoms with E-state index < -0.39 is 12.5 Å². The van der Waals surface area contributed by atoms with E-state index in [1.807, 2.05) is 0 Å². The van der Waals surface area contributed by atoms with Crippen LogP contribution in [0.2, 0.25) is 0 Å². The average molecular weight is 392 g/mol. The SMILES string of the molecule is O=C(Nc1ccc(C(=O)NCc2ccc(OC(F)F)cc2)s1)c1ccco1. The highest BCUT2D eigenvalue weighted by molar-refractivity contribution is 7.18. The summed E-state index contributed by atoms with van der Waals surface area (Å²) in [6.07, 6.45) is 1.40. The largest absolute Gasteiger partial charge is 0.459 e. The van der Waals surface area contributed by atoms with Gasteiger partial charge in [0.25, 0.3) is 11.8 Å². The van der Waals surface area contributed by atoms with Gasteiger partial charge in [0.05, 0.1) is 16.1 Å². The molecule has 0 saturated carbocycles. The Hall–Kier alpha value is -3.20. The summed E-state index contributed by atoms with van der Waals surface area (Å²) < 4.78 is 33.5. The van der Waals surface area contributed by atoms with Gasteiger partial charge in [-0.3, -0.25) is 9.59 Å². The van der Waals surface area contributed by atoms with E-state index in [0.29, 0.717) is 9.88 Å². The number of nitrogens with one attached hydrogen (secondary N) is 2. The molecule has 2 N–H and O–H groups in total. The van der Waals surface area contributed by atoms with Crippen molar-refractivity contribution in [1.29, 1.82) is 0 Å². The Morgan fingerprint density at radius 2 is 1.85 bits per heavy atom. The molecular weight excluding hydrogens is 378 g/mol. The Morgan fingerprint density at radius 3 is 2.52 bits per heavy atom. The fraction of sp³-hybridized carbons (Fsp3) is 0.111. The monoisotopic (exact) mass is 392 g/mol. The molecule has 0 aliphatic rings. The molecule has 0 atom stereocenters. The number of carbonyl (C=O) groups is 2. The summed E-state index contributed by atoms with van der Waals surface area (Å²) in [4.78, 5) is 24.5. The molecule has 2 aromatic heterocycles. The van der Waals surface area contributed by atoms with Crippen molar-refractivity contribution in [2.75, 3.05) is 5.32 Å². The Labute approximate surface area is 156 Å². The minimum atomic E-state index is -2.88. The van der Waals surface area contributed by atoms with Gasteiger partial charge < -0.3 is 19.8 Å². The van der Waals surface area contributed by atoms with Crippen LogP contribution in [-0.2, 0) is 6.54 Å². The molecule has 0 spiro atoms. The molecule has 0 fully saturated rings. The summed E-state index contributed by atoms with van der Waals surface area (Å²) in [5, 5.41) is 5.88. The topological polar surface area (TPSA) is 80.6 Å². The first-order valence-corrected chi connectivity index (χ1v) is 8.59. The Kier molecular flexibility index (Phi) is 5.82. The van der Waals surface area contributed by atoms with Gasteiger partial charge in [-0.05, 0) is 42.0 Å². The Bertz CT molecular complexity index is 908. The number of alkyl halides is 2. The molecule has 140 valence electrons. The lowest BCUT2D eigenvalue weighted by Gasteiger charge is -2.06. The third kappa shape index (κ3) is 5.14. The van der Waals surface area contributed by atoms with Crippen LogP contribution in [0.25, 0.3) is 0 Å². The third-order valence-corrected chi connectivity index (χ3v) is 4.41. The van der Waals surface area contributed by atoms with Gasteiger partial charge >= 0.3 is 6.61 Å². The van der Waals surface area contributed by atoms with Crippen molar-refractivity contribution < 1.29 is 27.5 Å². The second-order valence-electron chi connectivity index (χ2n) is 5.30. The second-order valence-corrected chi connectivity index (χ2v) is 6.38. The second kappa shape index (κ2) is 8.45. The molecule has 0 aliphatic heterocycles. The van der Waals surface area contributed by atoms with Gasteiger partial charge in [-0.25, -0.2) is 0 Å². The van der Waals surface area contributed by atoms with E-state index in [4.69, 9.17) is 4.42 Å². The van der Waals surface area contributed by atoms with E-state index in [-0.39, 0.29) is 24.0 Å². The minimum absolute atomic E-state index is 0.0512. The van der Waals surface area contributed by atoms with Gasteiger partial charge in [-0.1, -0.05) is 12.1 Å². The first-order chi connectivity index (χ1) is 13.0. The normalized spacial score (nSPS) is 10.6. The number of carbonyl (C=O) groups excluding carboxylic acids is 2. The maximum absolute atomic E-state index is 12.2. The van der Waals surface area contributed by atoms with E-state index in [1.165, 1.54) is 24.5 Å². The van der Waals surface area contributed by atoms with Gasteiger partial charge in [0.1, 0.15) is 5.75 Å². The van der Waals surface area contributed by atoms with Crippen LogP contribution in [0.4, 0.5) is 13.8 Å². The fourth-order valence-electron chi connectivity index (χ4n) is 2.17. The molecular formula is C18H14F2N2O4S. The number of hydrogen-bond donors (Lipinski definition) is 2. The fourth-order valence-corrected chi connectivity index (χ4v) is 2.98. The Morgan fingerprint density at radius 1 is 1.07 bits per heavy atom. The van der Waals surface area contributed by atoms with Crippen molar-refractivity contribution in [3.63, 3.8) is 0 Å². The molecule has 0 saturated heterocycles. The number of anilines is 1. The van der Waals surface area contributed by atoms with Crippen molar-refractivity contribution >= 4 is 28.2 Å². The van der Waals surface area contributed by atoms with Crippen LogP contribution in [0, 0.1) is 0 Å². The Balaban J connectivity index is 1.52. The van der Waals surface area contributed by atoms with Crippen molar-refractivity contribution in [2.24, 2.45) is 0 Å². The molecule has 6 nitrogen and oxygen atoms in total. The van der Waals surface area contributed by atoms with Crippen LogP contribution in [0.1, 0.15) is 25.8 Å². The molecule has 0 unspecified atom stereocenters. The van der Waals surface area contributed by atoms with Gasteiger partial charge in [-0.2, -0.15) is 8.78 Å². The number of amides is 2. The molecule has 0 aliphatic carbocycles.